The fraction of sp³-hybridized carbons (Fsp3) is 0.158. The Morgan fingerprint density at radius 2 is 2.07 bits per heavy atom. The molecule has 148 valence electrons. The van der Waals surface area contributed by atoms with Crippen molar-refractivity contribution in [2.45, 2.75) is 13.3 Å². The highest BCUT2D eigenvalue weighted by Crippen LogP contribution is 2.34. The van der Waals surface area contributed by atoms with Crippen LogP contribution < -0.4 is 10.1 Å². The molecule has 29 heavy (non-hydrogen) atoms. The Morgan fingerprint density at radius 3 is 2.83 bits per heavy atom. The van der Waals surface area contributed by atoms with Crippen LogP contribution in [-0.4, -0.2) is 32.8 Å². The van der Waals surface area contributed by atoms with E-state index in [0.29, 0.717) is 21.4 Å². The molecule has 0 saturated heterocycles. The number of aryl methyl sites for hydroxylation is 1. The number of hydrogen-bond donors (Lipinski definition) is 1. The summed E-state index contributed by atoms with van der Waals surface area (Å²) in [6.45, 7) is 2.00. The third-order valence-electron chi connectivity index (χ3n) is 4.26. The summed E-state index contributed by atoms with van der Waals surface area (Å²) in [7, 11) is 1.54. The maximum absolute atomic E-state index is 12.7. The number of carbonyl (C=O) groups excluding carboxylic acids is 1. The minimum Gasteiger partial charge on any atom is -0.495 e. The summed E-state index contributed by atoms with van der Waals surface area (Å²) < 4.78 is 7.12. The van der Waals surface area contributed by atoms with Crippen molar-refractivity contribution < 1.29 is 9.53 Å². The van der Waals surface area contributed by atoms with E-state index < -0.39 is 0 Å². The second-order valence-electron chi connectivity index (χ2n) is 6.04. The maximum atomic E-state index is 12.7. The molecule has 0 fully saturated rings. The number of ether oxygens (including phenoxy) is 1. The molecule has 0 spiro atoms. The van der Waals surface area contributed by atoms with Crippen molar-refractivity contribution in [2.75, 3.05) is 12.4 Å². The molecule has 2 aromatic heterocycles. The highest BCUT2D eigenvalue weighted by atomic mass is 35.5. The van der Waals surface area contributed by atoms with Crippen LogP contribution in [0.2, 0.25) is 10.0 Å². The lowest BCUT2D eigenvalue weighted by molar-refractivity contribution is 0.102. The Morgan fingerprint density at radius 1 is 1.24 bits per heavy atom. The quantitative estimate of drug-likeness (QED) is 0.466. The van der Waals surface area contributed by atoms with Crippen LogP contribution in [0.3, 0.4) is 0 Å². The number of benzene rings is 2. The van der Waals surface area contributed by atoms with E-state index in [1.54, 1.807) is 34.8 Å². The second kappa shape index (κ2) is 7.98. The van der Waals surface area contributed by atoms with Crippen LogP contribution in [0.1, 0.15) is 23.1 Å². The topological polar surface area (TPSA) is 81.4 Å². The van der Waals surface area contributed by atoms with E-state index in [-0.39, 0.29) is 16.5 Å². The molecule has 2 heterocycles. The number of anilines is 1. The van der Waals surface area contributed by atoms with Gasteiger partial charge in [0.05, 0.1) is 28.4 Å². The number of aromatic nitrogens is 4. The largest absolute Gasteiger partial charge is 0.495 e. The van der Waals surface area contributed by atoms with Gasteiger partial charge in [-0.25, -0.2) is 0 Å². The van der Waals surface area contributed by atoms with E-state index in [1.807, 2.05) is 13.0 Å². The van der Waals surface area contributed by atoms with Crippen molar-refractivity contribution in [3.8, 4) is 16.3 Å². The number of rotatable bonds is 5. The van der Waals surface area contributed by atoms with Gasteiger partial charge in [0, 0.05) is 12.0 Å². The molecule has 0 atom stereocenters. The zero-order valence-corrected chi connectivity index (χ0v) is 17.8. The lowest BCUT2D eigenvalue weighted by Crippen LogP contribution is -2.13. The summed E-state index contributed by atoms with van der Waals surface area (Å²) in [4.78, 5) is 13.5. The summed E-state index contributed by atoms with van der Waals surface area (Å²) in [6.07, 6.45) is 0.731. The second-order valence-corrected chi connectivity index (χ2v) is 7.78. The molecule has 0 aliphatic heterocycles. The molecule has 7 nitrogen and oxygen atoms in total. The van der Waals surface area contributed by atoms with Crippen molar-refractivity contribution in [3.63, 3.8) is 0 Å². The molecule has 0 radical (unpaired) electrons. The molecule has 4 rings (SSSR count). The summed E-state index contributed by atoms with van der Waals surface area (Å²) >= 11 is 13.6. The molecular weight excluding hydrogens is 433 g/mol. The number of hydrogen-bond acceptors (Lipinski definition) is 6. The minimum atomic E-state index is -0.389. The third kappa shape index (κ3) is 3.66. The van der Waals surface area contributed by atoms with Crippen LogP contribution >= 0.6 is 34.5 Å². The monoisotopic (exact) mass is 447 g/mol. The van der Waals surface area contributed by atoms with Gasteiger partial charge in [0.15, 0.2) is 5.82 Å². The van der Waals surface area contributed by atoms with Crippen LogP contribution in [-0.2, 0) is 6.42 Å². The van der Waals surface area contributed by atoms with Gasteiger partial charge in [0.2, 0.25) is 4.96 Å². The minimum absolute atomic E-state index is 0.197. The molecule has 2 aromatic carbocycles. The van der Waals surface area contributed by atoms with Gasteiger partial charge < -0.3 is 10.1 Å². The number of carbonyl (C=O) groups is 1. The lowest BCUT2D eigenvalue weighted by atomic mass is 10.1. The Labute approximate surface area is 180 Å². The van der Waals surface area contributed by atoms with Gasteiger partial charge in [-0.1, -0.05) is 47.5 Å². The van der Waals surface area contributed by atoms with Crippen molar-refractivity contribution in [2.24, 2.45) is 0 Å². The first-order valence-corrected chi connectivity index (χ1v) is 10.2. The van der Waals surface area contributed by atoms with Crippen LogP contribution in [0.15, 0.2) is 36.4 Å². The van der Waals surface area contributed by atoms with E-state index in [2.05, 4.69) is 20.6 Å². The predicted octanol–water partition coefficient (Wildman–Crippen LogP) is 4.98. The molecule has 0 aliphatic rings. The van der Waals surface area contributed by atoms with E-state index in [0.717, 1.165) is 22.8 Å². The molecular formula is C19H15Cl2N5O2S. The number of nitrogens with zero attached hydrogens (tertiary/aromatic N) is 4. The van der Waals surface area contributed by atoms with E-state index in [1.165, 1.54) is 18.4 Å². The van der Waals surface area contributed by atoms with Gasteiger partial charge >= 0.3 is 0 Å². The Balaban J connectivity index is 1.70. The molecule has 0 aliphatic carbocycles. The van der Waals surface area contributed by atoms with Gasteiger partial charge in [0.25, 0.3) is 5.91 Å². The summed E-state index contributed by atoms with van der Waals surface area (Å²) in [5.74, 6) is 0.914. The summed E-state index contributed by atoms with van der Waals surface area (Å²) in [6, 6.07) is 10.3. The van der Waals surface area contributed by atoms with Crippen molar-refractivity contribution >= 4 is 51.1 Å². The van der Waals surface area contributed by atoms with Crippen molar-refractivity contribution in [1.82, 2.24) is 19.8 Å². The summed E-state index contributed by atoms with van der Waals surface area (Å²) in [5, 5.41) is 16.9. The highest BCUT2D eigenvalue weighted by molar-refractivity contribution is 7.19. The maximum Gasteiger partial charge on any atom is 0.257 e. The van der Waals surface area contributed by atoms with E-state index in [4.69, 9.17) is 27.9 Å². The van der Waals surface area contributed by atoms with Gasteiger partial charge in [-0.15, -0.1) is 10.2 Å². The van der Waals surface area contributed by atoms with Gasteiger partial charge in [-0.05, 0) is 30.3 Å². The molecule has 0 bridgehead atoms. The first kappa shape index (κ1) is 19.6. The van der Waals surface area contributed by atoms with E-state index >= 15 is 0 Å². The fourth-order valence-electron chi connectivity index (χ4n) is 2.80. The molecule has 1 amide bonds. The number of nitrogens with one attached hydrogen (secondary N) is 1. The first-order valence-electron chi connectivity index (χ1n) is 8.66. The smallest absolute Gasteiger partial charge is 0.257 e. The highest BCUT2D eigenvalue weighted by Gasteiger charge is 2.17. The van der Waals surface area contributed by atoms with Gasteiger partial charge in [0.1, 0.15) is 10.8 Å². The van der Waals surface area contributed by atoms with Crippen molar-refractivity contribution in [1.29, 1.82) is 0 Å². The van der Waals surface area contributed by atoms with Gasteiger partial charge in [-0.3, -0.25) is 4.79 Å². The zero-order valence-electron chi connectivity index (χ0n) is 15.4. The third-order valence-corrected chi connectivity index (χ3v) is 6.03. The van der Waals surface area contributed by atoms with Crippen LogP contribution in [0, 0.1) is 0 Å². The predicted molar refractivity (Wildman–Crippen MR) is 114 cm³/mol. The molecule has 0 saturated carbocycles. The number of fused-ring (bicyclic) bond motifs is 1. The average Bonchev–Trinajstić information content (AvgIpc) is 3.30. The molecule has 1 N–H and O–H groups in total. The molecule has 0 unspecified atom stereocenters. The normalized spacial score (nSPS) is 11.0. The number of methoxy groups -OCH3 is 1. The Hall–Kier alpha value is -2.68. The van der Waals surface area contributed by atoms with E-state index in [9.17, 15) is 4.79 Å². The molecule has 10 heteroatoms. The van der Waals surface area contributed by atoms with Crippen molar-refractivity contribution in [3.05, 3.63) is 57.8 Å². The SMILES string of the molecule is CCc1nnc2sc(-c3ccc(OC)c(NC(=O)c4cccc(Cl)c4Cl)c3)nn12. The Bertz CT molecular complexity index is 1220. The van der Waals surface area contributed by atoms with Crippen LogP contribution in [0.25, 0.3) is 15.5 Å². The zero-order chi connectivity index (χ0) is 20.5. The standard InChI is InChI=1S/C19H15Cl2N5O2S/c1-3-15-23-24-19-26(15)25-18(29-19)10-7-8-14(28-2)13(9-10)22-17(27)11-5-4-6-12(20)16(11)21/h4-9H,3H2,1-2H3,(H,22,27). The fourth-order valence-corrected chi connectivity index (χ4v) is 4.04. The summed E-state index contributed by atoms with van der Waals surface area (Å²) in [5.41, 5.74) is 1.58. The Kier molecular flexibility index (Phi) is 5.40. The lowest BCUT2D eigenvalue weighted by Gasteiger charge is -2.12. The average molecular weight is 448 g/mol. The number of amides is 1. The first-order chi connectivity index (χ1) is 14.0. The van der Waals surface area contributed by atoms with Gasteiger partial charge in [-0.2, -0.15) is 9.61 Å². The molecule has 4 aromatic rings. The number of halogens is 2. The van der Waals surface area contributed by atoms with Crippen LogP contribution in [0.4, 0.5) is 5.69 Å². The van der Waals surface area contributed by atoms with Crippen LogP contribution in [0.5, 0.6) is 5.75 Å².